The lowest BCUT2D eigenvalue weighted by molar-refractivity contribution is -0.477. The zero-order chi connectivity index (χ0) is 21.2. The van der Waals surface area contributed by atoms with Crippen molar-refractivity contribution in [3.63, 3.8) is 0 Å². The minimum Gasteiger partial charge on any atom is -0.258 e. The number of aryl methyl sites for hydroxylation is 6. The molecule has 6 heteroatoms. The van der Waals surface area contributed by atoms with Crippen LogP contribution in [-0.2, 0) is 0 Å². The van der Waals surface area contributed by atoms with Gasteiger partial charge in [-0.1, -0.05) is 35.4 Å². The first-order valence-electron chi connectivity index (χ1n) is 8.89. The molecular formula is C22H24N2O4. The van der Waals surface area contributed by atoms with Gasteiger partial charge in [0, 0.05) is 12.2 Å². The molecule has 0 aliphatic heterocycles. The predicted molar refractivity (Wildman–Crippen MR) is 111 cm³/mol. The van der Waals surface area contributed by atoms with Crippen LogP contribution in [0.1, 0.15) is 44.5 Å². The van der Waals surface area contributed by atoms with Gasteiger partial charge in [0.05, 0.1) is 9.85 Å². The van der Waals surface area contributed by atoms with Crippen molar-refractivity contribution in [1.82, 2.24) is 0 Å². The molecule has 0 amide bonds. The van der Waals surface area contributed by atoms with Gasteiger partial charge in [0.2, 0.25) is 0 Å². The lowest BCUT2D eigenvalue weighted by Gasteiger charge is -2.09. The fourth-order valence-electron chi connectivity index (χ4n) is 3.55. The highest BCUT2D eigenvalue weighted by molar-refractivity contribution is 5.67. The molecule has 0 heterocycles. The smallest absolute Gasteiger partial charge is 0.258 e. The van der Waals surface area contributed by atoms with E-state index in [2.05, 4.69) is 0 Å². The quantitative estimate of drug-likeness (QED) is 0.391. The molecule has 6 nitrogen and oxygen atoms in total. The summed E-state index contributed by atoms with van der Waals surface area (Å²) in [5.41, 5.74) is 5.61. The number of benzene rings is 2. The summed E-state index contributed by atoms with van der Waals surface area (Å²) in [7, 11) is 0. The first kappa shape index (κ1) is 21.0. The standard InChI is InChI=1S/C22H24N2O4/c1-13-7-15(3)19(16(4)8-13)11-21(23(25)26)22(24(27)28)12-20-17(5)9-14(2)10-18(20)6/h7-12H,1-6H3/b21-11+,22-12?. The van der Waals surface area contributed by atoms with E-state index >= 15 is 0 Å². The minimum absolute atomic E-state index is 0.528. The summed E-state index contributed by atoms with van der Waals surface area (Å²) < 4.78 is 0. The van der Waals surface area contributed by atoms with Gasteiger partial charge in [-0.25, -0.2) is 0 Å². The summed E-state index contributed by atoms with van der Waals surface area (Å²) in [4.78, 5) is 22.1. The molecule has 0 aliphatic rings. The van der Waals surface area contributed by atoms with Crippen LogP contribution in [-0.4, -0.2) is 9.85 Å². The van der Waals surface area contributed by atoms with Crippen molar-refractivity contribution in [2.75, 3.05) is 0 Å². The molecule has 0 N–H and O–H groups in total. The molecule has 2 aromatic rings. The molecule has 0 bridgehead atoms. The van der Waals surface area contributed by atoms with Gasteiger partial charge in [0.15, 0.2) is 0 Å². The van der Waals surface area contributed by atoms with Crippen LogP contribution in [0.5, 0.6) is 0 Å². The highest BCUT2D eigenvalue weighted by Gasteiger charge is 2.30. The highest BCUT2D eigenvalue weighted by Crippen LogP contribution is 2.26. The molecule has 2 aromatic carbocycles. The van der Waals surface area contributed by atoms with Crippen molar-refractivity contribution >= 4 is 12.2 Å². The highest BCUT2D eigenvalue weighted by atomic mass is 16.6. The second-order valence-electron chi connectivity index (χ2n) is 7.20. The van der Waals surface area contributed by atoms with Crippen molar-refractivity contribution < 1.29 is 9.85 Å². The number of hydrogen-bond donors (Lipinski definition) is 0. The Morgan fingerprint density at radius 2 is 0.893 bits per heavy atom. The number of nitro groups is 2. The van der Waals surface area contributed by atoms with Gasteiger partial charge in [-0.15, -0.1) is 0 Å². The van der Waals surface area contributed by atoms with Gasteiger partial charge in [0.25, 0.3) is 0 Å². The first-order valence-corrected chi connectivity index (χ1v) is 8.89. The normalized spacial score (nSPS) is 12.2. The van der Waals surface area contributed by atoms with Crippen LogP contribution >= 0.6 is 0 Å². The number of hydrogen-bond acceptors (Lipinski definition) is 4. The van der Waals surface area contributed by atoms with Crippen LogP contribution < -0.4 is 0 Å². The molecule has 0 atom stereocenters. The topological polar surface area (TPSA) is 86.3 Å². The maximum atomic E-state index is 11.7. The Hall–Kier alpha value is -3.28. The van der Waals surface area contributed by atoms with E-state index in [9.17, 15) is 20.2 Å². The van der Waals surface area contributed by atoms with Crippen LogP contribution in [0.15, 0.2) is 35.7 Å². The fourth-order valence-corrected chi connectivity index (χ4v) is 3.55. The van der Waals surface area contributed by atoms with E-state index in [1.807, 2.05) is 65.8 Å². The van der Waals surface area contributed by atoms with Crippen LogP contribution in [0.2, 0.25) is 0 Å². The van der Waals surface area contributed by atoms with Gasteiger partial charge >= 0.3 is 11.4 Å². The molecule has 0 radical (unpaired) electrons. The number of nitrogens with zero attached hydrogens (tertiary/aromatic N) is 2. The summed E-state index contributed by atoms with van der Waals surface area (Å²) >= 11 is 0. The van der Waals surface area contributed by atoms with E-state index in [-0.39, 0.29) is 0 Å². The summed E-state index contributed by atoms with van der Waals surface area (Å²) in [6.45, 7) is 11.2. The Bertz CT molecular complexity index is 903. The van der Waals surface area contributed by atoms with Crippen molar-refractivity contribution in [2.24, 2.45) is 0 Å². The van der Waals surface area contributed by atoms with E-state index in [4.69, 9.17) is 0 Å². The zero-order valence-electron chi connectivity index (χ0n) is 17.0. The van der Waals surface area contributed by atoms with Crippen molar-refractivity contribution in [3.05, 3.63) is 100 Å². The molecule has 28 heavy (non-hydrogen) atoms. The maximum absolute atomic E-state index is 11.7. The van der Waals surface area contributed by atoms with E-state index in [0.717, 1.165) is 33.4 Å². The summed E-state index contributed by atoms with van der Waals surface area (Å²) in [5.74, 6) is 0. The molecule has 0 saturated heterocycles. The lowest BCUT2D eigenvalue weighted by atomic mass is 9.97. The van der Waals surface area contributed by atoms with E-state index in [0.29, 0.717) is 11.1 Å². The molecule has 146 valence electrons. The van der Waals surface area contributed by atoms with Crippen LogP contribution in [0.3, 0.4) is 0 Å². The van der Waals surface area contributed by atoms with E-state index < -0.39 is 21.2 Å². The number of rotatable bonds is 5. The molecular weight excluding hydrogens is 356 g/mol. The van der Waals surface area contributed by atoms with Gasteiger partial charge < -0.3 is 0 Å². The second kappa shape index (κ2) is 8.17. The third-order valence-corrected chi connectivity index (χ3v) is 4.69. The predicted octanol–water partition coefficient (Wildman–Crippen LogP) is 5.47. The van der Waals surface area contributed by atoms with Crippen LogP contribution in [0.25, 0.3) is 12.2 Å². The van der Waals surface area contributed by atoms with Crippen LogP contribution in [0, 0.1) is 61.8 Å². The molecule has 0 fully saturated rings. The molecule has 2 rings (SSSR count). The molecule has 0 aromatic heterocycles. The van der Waals surface area contributed by atoms with Crippen LogP contribution in [0.4, 0.5) is 0 Å². The largest absolute Gasteiger partial charge is 0.346 e. The lowest BCUT2D eigenvalue weighted by Crippen LogP contribution is -2.10. The summed E-state index contributed by atoms with van der Waals surface area (Å²) in [6, 6.07) is 7.61. The fraction of sp³-hybridized carbons (Fsp3) is 0.273. The van der Waals surface area contributed by atoms with Crippen molar-refractivity contribution in [2.45, 2.75) is 41.5 Å². The Labute approximate surface area is 164 Å². The average molecular weight is 380 g/mol. The average Bonchev–Trinajstić information content (AvgIpc) is 2.53. The summed E-state index contributed by atoms with van der Waals surface area (Å²) in [6.07, 6.45) is 2.61. The minimum atomic E-state index is -0.688. The SMILES string of the molecule is Cc1cc(C)c(C=C(/C(=C\c2c(C)cc(C)cc2C)[N+](=O)[O-])[N+](=O)[O-])c(C)c1. The van der Waals surface area contributed by atoms with Crippen molar-refractivity contribution in [1.29, 1.82) is 0 Å². The molecule has 0 spiro atoms. The maximum Gasteiger partial charge on any atom is 0.346 e. The third-order valence-electron chi connectivity index (χ3n) is 4.69. The third kappa shape index (κ3) is 4.52. The Morgan fingerprint density at radius 1 is 0.643 bits per heavy atom. The van der Waals surface area contributed by atoms with Gasteiger partial charge in [-0.05, 0) is 74.9 Å². The first-order chi connectivity index (χ1) is 13.0. The van der Waals surface area contributed by atoms with Gasteiger partial charge in [0.1, 0.15) is 0 Å². The second-order valence-corrected chi connectivity index (χ2v) is 7.20. The summed E-state index contributed by atoms with van der Waals surface area (Å²) in [5, 5.41) is 23.5. The van der Waals surface area contributed by atoms with E-state index in [1.54, 1.807) is 0 Å². The Morgan fingerprint density at radius 3 is 1.11 bits per heavy atom. The van der Waals surface area contributed by atoms with E-state index in [1.165, 1.54) is 12.2 Å². The molecule has 0 saturated carbocycles. The monoisotopic (exact) mass is 380 g/mol. The Balaban J connectivity index is 2.75. The Kier molecular flexibility index (Phi) is 6.13. The van der Waals surface area contributed by atoms with Gasteiger partial charge in [-0.3, -0.25) is 20.2 Å². The zero-order valence-corrected chi connectivity index (χ0v) is 17.0. The molecule has 0 unspecified atom stereocenters. The molecule has 0 aliphatic carbocycles. The van der Waals surface area contributed by atoms with Gasteiger partial charge in [-0.2, -0.15) is 0 Å². The van der Waals surface area contributed by atoms with Crippen molar-refractivity contribution in [3.8, 4) is 0 Å².